The number of nitro benzene ring substituents is 1. The summed E-state index contributed by atoms with van der Waals surface area (Å²) in [7, 11) is 0. The second kappa shape index (κ2) is 5.77. The number of rotatable bonds is 5. The Bertz CT molecular complexity index is 389. The van der Waals surface area contributed by atoms with Crippen LogP contribution in [0.5, 0.6) is 0 Å². The molecule has 0 aliphatic heterocycles. The lowest BCUT2D eigenvalue weighted by atomic mass is 10.1. The van der Waals surface area contributed by atoms with E-state index in [1.54, 1.807) is 12.1 Å². The average Bonchev–Trinajstić information content (AvgIpc) is 2.26. The number of hydrogen-bond donors (Lipinski definition) is 1. The van der Waals surface area contributed by atoms with Gasteiger partial charge in [-0.15, -0.1) is 0 Å². The maximum absolute atomic E-state index is 10.5. The molecule has 1 aromatic rings. The monoisotopic (exact) mass is 284 g/mol. The van der Waals surface area contributed by atoms with Crippen LogP contribution in [0.2, 0.25) is 0 Å². The van der Waals surface area contributed by atoms with E-state index in [0.717, 1.165) is 10.0 Å². The Morgan fingerprint density at radius 2 is 2.12 bits per heavy atom. The summed E-state index contributed by atoms with van der Waals surface area (Å²) >= 11 is 3.26. The zero-order chi connectivity index (χ0) is 12.1. The molecule has 5 heteroatoms. The zero-order valence-corrected chi connectivity index (χ0v) is 10.5. The van der Waals surface area contributed by atoms with Crippen molar-refractivity contribution in [2.45, 2.75) is 13.0 Å². The standard InChI is InChI=1S/C11H13BrN2O2/c1-8(12)7-13-9(2)10-3-5-11(6-4-10)14(15)16/h3-6,9,13H,1,7H2,2H3. The fourth-order valence-electron chi connectivity index (χ4n) is 1.27. The van der Waals surface area contributed by atoms with Crippen LogP contribution in [0.1, 0.15) is 18.5 Å². The maximum Gasteiger partial charge on any atom is 0.269 e. The average molecular weight is 285 g/mol. The molecular formula is C11H13BrN2O2. The molecule has 0 saturated heterocycles. The van der Waals surface area contributed by atoms with E-state index in [0.29, 0.717) is 6.54 Å². The van der Waals surface area contributed by atoms with Gasteiger partial charge in [0.1, 0.15) is 0 Å². The van der Waals surface area contributed by atoms with Gasteiger partial charge in [0.15, 0.2) is 0 Å². The highest BCUT2D eigenvalue weighted by Gasteiger charge is 2.08. The number of nitro groups is 1. The summed E-state index contributed by atoms with van der Waals surface area (Å²) in [4.78, 5) is 10.1. The summed E-state index contributed by atoms with van der Waals surface area (Å²) in [5, 5.41) is 13.7. The van der Waals surface area contributed by atoms with Crippen LogP contribution in [0.4, 0.5) is 5.69 Å². The van der Waals surface area contributed by atoms with Gasteiger partial charge >= 0.3 is 0 Å². The first-order valence-corrected chi connectivity index (χ1v) is 5.61. The van der Waals surface area contributed by atoms with Gasteiger partial charge < -0.3 is 5.32 Å². The summed E-state index contributed by atoms with van der Waals surface area (Å²) in [6, 6.07) is 6.67. The van der Waals surface area contributed by atoms with Crippen LogP contribution in [0.25, 0.3) is 0 Å². The van der Waals surface area contributed by atoms with Crippen LogP contribution in [0.3, 0.4) is 0 Å². The smallest absolute Gasteiger partial charge is 0.269 e. The van der Waals surface area contributed by atoms with Crippen LogP contribution in [0, 0.1) is 10.1 Å². The number of halogens is 1. The van der Waals surface area contributed by atoms with Crippen molar-refractivity contribution in [2.24, 2.45) is 0 Å². The van der Waals surface area contributed by atoms with Crippen molar-refractivity contribution in [1.29, 1.82) is 0 Å². The van der Waals surface area contributed by atoms with Crippen LogP contribution in [-0.2, 0) is 0 Å². The van der Waals surface area contributed by atoms with Crippen molar-refractivity contribution in [3.05, 3.63) is 51.0 Å². The second-order valence-corrected chi connectivity index (χ2v) is 4.59. The number of non-ortho nitro benzene ring substituents is 1. The largest absolute Gasteiger partial charge is 0.306 e. The fraction of sp³-hybridized carbons (Fsp3) is 0.273. The molecule has 1 atom stereocenters. The normalized spacial score (nSPS) is 12.1. The number of benzene rings is 1. The topological polar surface area (TPSA) is 55.2 Å². The molecule has 1 N–H and O–H groups in total. The van der Waals surface area contributed by atoms with Crippen molar-refractivity contribution in [3.8, 4) is 0 Å². The van der Waals surface area contributed by atoms with Crippen molar-refractivity contribution in [1.82, 2.24) is 5.32 Å². The minimum atomic E-state index is -0.401. The Labute approximate surface area is 103 Å². The summed E-state index contributed by atoms with van der Waals surface area (Å²) in [5.41, 5.74) is 1.13. The Hall–Kier alpha value is -1.20. The second-order valence-electron chi connectivity index (χ2n) is 3.47. The van der Waals surface area contributed by atoms with E-state index in [1.807, 2.05) is 6.92 Å². The van der Waals surface area contributed by atoms with Gasteiger partial charge in [-0.1, -0.05) is 34.6 Å². The van der Waals surface area contributed by atoms with Gasteiger partial charge in [-0.3, -0.25) is 10.1 Å². The van der Waals surface area contributed by atoms with Crippen LogP contribution < -0.4 is 5.32 Å². The molecule has 1 rings (SSSR count). The van der Waals surface area contributed by atoms with Gasteiger partial charge in [0.25, 0.3) is 5.69 Å². The van der Waals surface area contributed by atoms with Crippen molar-refractivity contribution >= 4 is 21.6 Å². The third kappa shape index (κ3) is 3.75. The van der Waals surface area contributed by atoms with Crippen molar-refractivity contribution in [2.75, 3.05) is 6.54 Å². The van der Waals surface area contributed by atoms with Gasteiger partial charge in [0.05, 0.1) is 4.92 Å². The lowest BCUT2D eigenvalue weighted by molar-refractivity contribution is -0.384. The van der Waals surface area contributed by atoms with E-state index >= 15 is 0 Å². The van der Waals surface area contributed by atoms with E-state index in [1.165, 1.54) is 12.1 Å². The molecule has 0 aliphatic carbocycles. The van der Waals surface area contributed by atoms with Crippen molar-refractivity contribution < 1.29 is 4.92 Å². The molecule has 0 aromatic heterocycles. The number of hydrogen-bond acceptors (Lipinski definition) is 3. The molecule has 0 bridgehead atoms. The molecule has 0 fully saturated rings. The quantitative estimate of drug-likeness (QED) is 0.668. The molecule has 86 valence electrons. The third-order valence-electron chi connectivity index (χ3n) is 2.20. The van der Waals surface area contributed by atoms with E-state index in [9.17, 15) is 10.1 Å². The highest BCUT2D eigenvalue weighted by molar-refractivity contribution is 9.11. The van der Waals surface area contributed by atoms with E-state index < -0.39 is 4.92 Å². The first-order valence-electron chi connectivity index (χ1n) is 4.81. The SMILES string of the molecule is C=C(Br)CNC(C)c1ccc([N+](=O)[O-])cc1. The number of nitrogens with one attached hydrogen (secondary N) is 1. The molecule has 16 heavy (non-hydrogen) atoms. The van der Waals surface area contributed by atoms with Gasteiger partial charge in [-0.25, -0.2) is 0 Å². The molecule has 1 aromatic carbocycles. The predicted octanol–water partition coefficient (Wildman–Crippen LogP) is 3.15. The highest BCUT2D eigenvalue weighted by atomic mass is 79.9. The molecule has 0 radical (unpaired) electrons. The minimum absolute atomic E-state index is 0.112. The van der Waals surface area contributed by atoms with Gasteiger partial charge in [0.2, 0.25) is 0 Å². The summed E-state index contributed by atoms with van der Waals surface area (Å²) in [6.07, 6.45) is 0. The van der Waals surface area contributed by atoms with Crippen LogP contribution in [0.15, 0.2) is 35.3 Å². The van der Waals surface area contributed by atoms with E-state index in [4.69, 9.17) is 0 Å². The predicted molar refractivity (Wildman–Crippen MR) is 67.6 cm³/mol. The Balaban J connectivity index is 2.66. The molecular weight excluding hydrogens is 272 g/mol. The van der Waals surface area contributed by atoms with Crippen molar-refractivity contribution in [3.63, 3.8) is 0 Å². The van der Waals surface area contributed by atoms with Gasteiger partial charge in [-0.05, 0) is 12.5 Å². The molecule has 4 nitrogen and oxygen atoms in total. The zero-order valence-electron chi connectivity index (χ0n) is 8.94. The highest BCUT2D eigenvalue weighted by Crippen LogP contribution is 2.17. The Morgan fingerprint density at radius 3 is 2.56 bits per heavy atom. The summed E-state index contributed by atoms with van der Waals surface area (Å²) < 4.78 is 0.876. The molecule has 0 aliphatic rings. The maximum atomic E-state index is 10.5. The number of nitrogens with zero attached hydrogens (tertiary/aromatic N) is 1. The summed E-state index contributed by atoms with van der Waals surface area (Å²) in [5.74, 6) is 0. The van der Waals surface area contributed by atoms with Gasteiger partial charge in [0, 0.05) is 29.2 Å². The van der Waals surface area contributed by atoms with Crippen LogP contribution >= 0.6 is 15.9 Å². The third-order valence-corrected chi connectivity index (χ3v) is 2.48. The molecule has 0 spiro atoms. The Morgan fingerprint density at radius 1 is 1.56 bits per heavy atom. The lowest BCUT2D eigenvalue weighted by Gasteiger charge is -2.13. The Kier molecular flexibility index (Phi) is 4.64. The molecule has 1 unspecified atom stereocenters. The first-order chi connectivity index (χ1) is 7.50. The first kappa shape index (κ1) is 12.9. The molecule has 0 saturated carbocycles. The summed E-state index contributed by atoms with van der Waals surface area (Å²) in [6.45, 7) is 6.38. The van der Waals surface area contributed by atoms with E-state index in [2.05, 4.69) is 27.8 Å². The van der Waals surface area contributed by atoms with E-state index in [-0.39, 0.29) is 11.7 Å². The fourth-order valence-corrected chi connectivity index (χ4v) is 1.43. The van der Waals surface area contributed by atoms with Crippen LogP contribution in [-0.4, -0.2) is 11.5 Å². The molecule has 0 amide bonds. The minimum Gasteiger partial charge on any atom is -0.306 e. The lowest BCUT2D eigenvalue weighted by Crippen LogP contribution is -2.19. The van der Waals surface area contributed by atoms with Gasteiger partial charge in [-0.2, -0.15) is 0 Å². The molecule has 0 heterocycles.